The van der Waals surface area contributed by atoms with Crippen molar-refractivity contribution in [2.75, 3.05) is 18.0 Å². The van der Waals surface area contributed by atoms with Gasteiger partial charge in [-0.15, -0.1) is 12.8 Å². The van der Waals surface area contributed by atoms with Crippen molar-refractivity contribution in [1.29, 1.82) is 0 Å². The van der Waals surface area contributed by atoms with Gasteiger partial charge in [-0.25, -0.2) is 18.7 Å². The highest BCUT2D eigenvalue weighted by atomic mass is 19.1. The molecular formula is C30H43F2N5O. The molecule has 1 saturated heterocycles. The van der Waals surface area contributed by atoms with Gasteiger partial charge in [0.25, 0.3) is 0 Å². The van der Waals surface area contributed by atoms with E-state index in [-0.39, 0.29) is 23.1 Å². The summed E-state index contributed by atoms with van der Waals surface area (Å²) in [5.74, 6) is -0.741. The SMILES string of the molecule is C#C.CC.CC.CC(C)(O)C1CN(c2nccc(C3CCCC(/C=C(\N)c4c(F)cccc4F)=C3N)n2)C1. The summed E-state index contributed by atoms with van der Waals surface area (Å²) in [6, 6.07) is 5.52. The molecule has 208 valence electrons. The zero-order chi connectivity index (χ0) is 29.0. The van der Waals surface area contributed by atoms with Crippen LogP contribution < -0.4 is 16.4 Å². The molecular weight excluding hydrogens is 484 g/mol. The Morgan fingerprint density at radius 2 is 1.68 bits per heavy atom. The third-order valence-corrected chi connectivity index (χ3v) is 6.45. The van der Waals surface area contributed by atoms with Crippen LogP contribution in [0.25, 0.3) is 5.70 Å². The molecule has 8 heteroatoms. The summed E-state index contributed by atoms with van der Waals surface area (Å²) in [5.41, 5.74) is 13.8. The summed E-state index contributed by atoms with van der Waals surface area (Å²) in [6.07, 6.45) is 13.6. The van der Waals surface area contributed by atoms with Gasteiger partial charge in [0.2, 0.25) is 5.95 Å². The third kappa shape index (κ3) is 7.78. The number of benzene rings is 1. The Balaban J connectivity index is 0.00000112. The lowest BCUT2D eigenvalue weighted by Crippen LogP contribution is -2.56. The molecule has 1 fully saturated rings. The van der Waals surface area contributed by atoms with Gasteiger partial charge in [-0.3, -0.25) is 0 Å². The second-order valence-corrected chi connectivity index (χ2v) is 9.16. The largest absolute Gasteiger partial charge is 0.401 e. The first-order chi connectivity index (χ1) is 18.1. The van der Waals surface area contributed by atoms with Gasteiger partial charge in [-0.1, -0.05) is 33.8 Å². The number of halogens is 2. The van der Waals surface area contributed by atoms with Gasteiger partial charge in [0.1, 0.15) is 11.6 Å². The van der Waals surface area contributed by atoms with Crippen LogP contribution in [0.5, 0.6) is 0 Å². The first-order valence-corrected chi connectivity index (χ1v) is 13.2. The van der Waals surface area contributed by atoms with E-state index in [0.29, 0.717) is 31.2 Å². The zero-order valence-electron chi connectivity index (χ0n) is 23.5. The molecule has 38 heavy (non-hydrogen) atoms. The highest BCUT2D eigenvalue weighted by Gasteiger charge is 2.38. The summed E-state index contributed by atoms with van der Waals surface area (Å²) in [6.45, 7) is 13.0. The second kappa shape index (κ2) is 15.1. The minimum atomic E-state index is -0.733. The van der Waals surface area contributed by atoms with Crippen LogP contribution in [0.2, 0.25) is 0 Å². The summed E-state index contributed by atoms with van der Waals surface area (Å²) < 4.78 is 28.2. The number of nitrogens with zero attached hydrogens (tertiary/aromatic N) is 3. The van der Waals surface area contributed by atoms with E-state index in [9.17, 15) is 13.9 Å². The Labute approximate surface area is 226 Å². The molecule has 0 radical (unpaired) electrons. The Morgan fingerprint density at radius 3 is 2.24 bits per heavy atom. The van der Waals surface area contributed by atoms with Gasteiger partial charge < -0.3 is 21.5 Å². The minimum Gasteiger partial charge on any atom is -0.401 e. The second-order valence-electron chi connectivity index (χ2n) is 9.16. The average Bonchev–Trinajstić information content (AvgIpc) is 2.87. The van der Waals surface area contributed by atoms with Crippen molar-refractivity contribution in [3.8, 4) is 12.8 Å². The van der Waals surface area contributed by atoms with E-state index in [2.05, 4.69) is 17.8 Å². The maximum absolute atomic E-state index is 14.1. The summed E-state index contributed by atoms with van der Waals surface area (Å²) in [5, 5.41) is 10.2. The number of hydrogen-bond donors (Lipinski definition) is 3. The number of nitrogens with two attached hydrogens (primary N) is 2. The van der Waals surface area contributed by atoms with Crippen LogP contribution in [0.1, 0.15) is 78.0 Å². The molecule has 6 nitrogen and oxygen atoms in total. The number of anilines is 1. The fourth-order valence-electron chi connectivity index (χ4n) is 4.31. The lowest BCUT2D eigenvalue weighted by molar-refractivity contribution is 0.00415. The number of hydrogen-bond acceptors (Lipinski definition) is 6. The molecule has 0 amide bonds. The predicted molar refractivity (Wildman–Crippen MR) is 153 cm³/mol. The lowest BCUT2D eigenvalue weighted by Gasteiger charge is -2.45. The molecule has 2 heterocycles. The topological polar surface area (TPSA) is 101 Å². The van der Waals surface area contributed by atoms with E-state index in [1.807, 2.05) is 52.5 Å². The predicted octanol–water partition coefficient (Wildman–Crippen LogP) is 5.74. The number of aromatic nitrogens is 2. The van der Waals surface area contributed by atoms with Gasteiger partial charge in [0.05, 0.1) is 16.9 Å². The van der Waals surface area contributed by atoms with Crippen molar-refractivity contribution in [1.82, 2.24) is 9.97 Å². The van der Waals surface area contributed by atoms with Crippen LogP contribution in [0.15, 0.2) is 47.8 Å². The molecule has 4 rings (SSSR count). The number of allylic oxidation sites excluding steroid dienone is 3. The fourth-order valence-corrected chi connectivity index (χ4v) is 4.31. The van der Waals surface area contributed by atoms with Gasteiger partial charge >= 0.3 is 0 Å². The minimum absolute atomic E-state index is 0.0146. The van der Waals surface area contributed by atoms with Gasteiger partial charge in [0.15, 0.2) is 0 Å². The highest BCUT2D eigenvalue weighted by Crippen LogP contribution is 2.37. The van der Waals surface area contributed by atoms with E-state index >= 15 is 0 Å². The zero-order valence-corrected chi connectivity index (χ0v) is 23.5. The molecule has 0 bridgehead atoms. The Bertz CT molecular complexity index is 1090. The van der Waals surface area contributed by atoms with Gasteiger partial charge in [-0.2, -0.15) is 0 Å². The maximum atomic E-state index is 14.1. The molecule has 5 N–H and O–H groups in total. The van der Waals surface area contributed by atoms with E-state index in [4.69, 9.17) is 16.5 Å². The van der Waals surface area contributed by atoms with Crippen LogP contribution in [0.3, 0.4) is 0 Å². The first kappa shape index (κ1) is 32.6. The van der Waals surface area contributed by atoms with Crippen LogP contribution in [-0.4, -0.2) is 33.8 Å². The Kier molecular flexibility index (Phi) is 12.9. The van der Waals surface area contributed by atoms with Crippen LogP contribution in [-0.2, 0) is 0 Å². The normalized spacial score (nSPS) is 17.6. The molecule has 1 aliphatic heterocycles. The van der Waals surface area contributed by atoms with Crippen molar-refractivity contribution >= 4 is 11.6 Å². The fraction of sp³-hybridized carbons (Fsp3) is 0.467. The van der Waals surface area contributed by atoms with Gasteiger partial charge in [-0.05, 0) is 63.0 Å². The van der Waals surface area contributed by atoms with Gasteiger partial charge in [0, 0.05) is 42.5 Å². The summed E-state index contributed by atoms with van der Waals surface area (Å²) in [7, 11) is 0. The molecule has 1 unspecified atom stereocenters. The van der Waals surface area contributed by atoms with Crippen LogP contribution in [0.4, 0.5) is 14.7 Å². The van der Waals surface area contributed by atoms with Crippen molar-refractivity contribution in [2.45, 2.75) is 72.3 Å². The van der Waals surface area contributed by atoms with Crippen LogP contribution in [0, 0.1) is 30.4 Å². The van der Waals surface area contributed by atoms with Crippen molar-refractivity contribution in [3.05, 3.63) is 70.7 Å². The molecule has 2 aliphatic rings. The Hall–Kier alpha value is -3.44. The number of terminal acetylenes is 1. The molecule has 1 aliphatic carbocycles. The standard InChI is InChI=1S/C24H29F2N5O.2C2H6.C2H2/c1-24(2,32)15-12-31(13-15)23-29-10-9-20(30-23)16-6-3-5-14(22(16)28)11-19(27)21-17(25)7-4-8-18(21)26;3*1-2/h4,7-11,15-16,32H,3,5-6,12-13,27-28H2,1-2H3;2*1-2H3;1-2H/b19-11-;;;. The average molecular weight is 528 g/mol. The lowest BCUT2D eigenvalue weighted by atomic mass is 9.84. The molecule has 1 aromatic heterocycles. The van der Waals surface area contributed by atoms with Crippen molar-refractivity contribution < 1.29 is 13.9 Å². The molecule has 2 aromatic rings. The quantitative estimate of drug-likeness (QED) is 0.429. The smallest absolute Gasteiger partial charge is 0.225 e. The van der Waals surface area contributed by atoms with E-state index in [0.717, 1.165) is 24.1 Å². The first-order valence-electron chi connectivity index (χ1n) is 13.2. The summed E-state index contributed by atoms with van der Waals surface area (Å²) in [4.78, 5) is 11.2. The third-order valence-electron chi connectivity index (χ3n) is 6.45. The molecule has 1 aromatic carbocycles. The van der Waals surface area contributed by atoms with E-state index < -0.39 is 17.2 Å². The molecule has 0 saturated carbocycles. The van der Waals surface area contributed by atoms with E-state index in [1.165, 1.54) is 18.2 Å². The monoisotopic (exact) mass is 527 g/mol. The Morgan fingerprint density at radius 1 is 1.11 bits per heavy atom. The maximum Gasteiger partial charge on any atom is 0.225 e. The molecule has 0 spiro atoms. The van der Waals surface area contributed by atoms with Crippen molar-refractivity contribution in [2.24, 2.45) is 17.4 Å². The highest BCUT2D eigenvalue weighted by molar-refractivity contribution is 5.67. The van der Waals surface area contributed by atoms with Crippen LogP contribution >= 0.6 is 0 Å². The summed E-state index contributed by atoms with van der Waals surface area (Å²) >= 11 is 0. The number of rotatable bonds is 5. The molecule has 1 atom stereocenters. The number of aliphatic hydroxyl groups is 1. The van der Waals surface area contributed by atoms with Crippen molar-refractivity contribution in [3.63, 3.8) is 0 Å². The van der Waals surface area contributed by atoms with E-state index in [1.54, 1.807) is 12.3 Å².